The minimum absolute atomic E-state index is 0.00228. The van der Waals surface area contributed by atoms with Crippen LogP contribution in [0.15, 0.2) is 23.1 Å². The number of benzene rings is 1. The quantitative estimate of drug-likeness (QED) is 0.855. The molecule has 1 N–H and O–H groups in total. The first-order valence-electron chi connectivity index (χ1n) is 7.46. The number of fused-ring (bicyclic) bond motifs is 1. The molecule has 3 rings (SSSR count). The average Bonchev–Trinajstić information content (AvgIpc) is 2.81. The molecule has 0 radical (unpaired) electrons. The van der Waals surface area contributed by atoms with Crippen LogP contribution in [0.25, 0.3) is 0 Å². The number of sulfonamides is 1. The highest BCUT2D eigenvalue weighted by Gasteiger charge is 2.34. The van der Waals surface area contributed by atoms with Crippen LogP contribution in [0.3, 0.4) is 0 Å². The van der Waals surface area contributed by atoms with E-state index in [0.29, 0.717) is 6.54 Å². The first-order chi connectivity index (χ1) is 10.4. The average molecular weight is 322 g/mol. The van der Waals surface area contributed by atoms with E-state index < -0.39 is 21.8 Å². The van der Waals surface area contributed by atoms with E-state index in [1.54, 1.807) is 0 Å². The fourth-order valence-corrected chi connectivity index (χ4v) is 4.94. The van der Waals surface area contributed by atoms with Crippen LogP contribution < -0.4 is 5.32 Å². The number of hydrogen-bond acceptors (Lipinski definition) is 4. The first-order valence-corrected chi connectivity index (χ1v) is 8.90. The molecule has 2 aliphatic rings. The number of amides is 2. The minimum Gasteiger partial charge on any atom is -0.288 e. The van der Waals surface area contributed by atoms with Crippen molar-refractivity contribution < 1.29 is 18.0 Å². The van der Waals surface area contributed by atoms with E-state index in [0.717, 1.165) is 25.7 Å². The summed E-state index contributed by atoms with van der Waals surface area (Å²) in [5.41, 5.74) is 0.366. The van der Waals surface area contributed by atoms with Crippen LogP contribution in [0.5, 0.6) is 0 Å². The zero-order chi connectivity index (χ0) is 15.9. The van der Waals surface area contributed by atoms with Gasteiger partial charge in [-0.05, 0) is 37.5 Å². The summed E-state index contributed by atoms with van der Waals surface area (Å²) in [6.45, 7) is 2.48. The lowest BCUT2D eigenvalue weighted by molar-refractivity contribution is 0.0879. The molecule has 1 aromatic carbocycles. The Kier molecular flexibility index (Phi) is 3.78. The van der Waals surface area contributed by atoms with Gasteiger partial charge in [0.05, 0.1) is 16.0 Å². The second-order valence-electron chi connectivity index (χ2n) is 5.66. The summed E-state index contributed by atoms with van der Waals surface area (Å²) in [6.07, 6.45) is 3.51. The van der Waals surface area contributed by atoms with Gasteiger partial charge in [-0.1, -0.05) is 13.3 Å². The summed E-state index contributed by atoms with van der Waals surface area (Å²) < 4.78 is 27.2. The summed E-state index contributed by atoms with van der Waals surface area (Å²) >= 11 is 0. The van der Waals surface area contributed by atoms with Crippen LogP contribution in [-0.2, 0) is 10.0 Å². The molecule has 0 aliphatic carbocycles. The number of hydrogen-bond donors (Lipinski definition) is 1. The van der Waals surface area contributed by atoms with Crippen molar-refractivity contribution in [3.05, 3.63) is 29.3 Å². The molecule has 0 aromatic heterocycles. The van der Waals surface area contributed by atoms with Crippen molar-refractivity contribution in [2.75, 3.05) is 6.54 Å². The number of imide groups is 1. The molecule has 2 heterocycles. The third-order valence-electron chi connectivity index (χ3n) is 4.36. The Balaban J connectivity index is 2.01. The third kappa shape index (κ3) is 2.34. The van der Waals surface area contributed by atoms with Gasteiger partial charge in [0.1, 0.15) is 0 Å². The Labute approximate surface area is 129 Å². The molecule has 118 valence electrons. The van der Waals surface area contributed by atoms with Gasteiger partial charge in [-0.25, -0.2) is 8.42 Å². The molecule has 1 fully saturated rings. The molecule has 0 saturated carbocycles. The third-order valence-corrected chi connectivity index (χ3v) is 6.31. The molecule has 0 spiro atoms. The van der Waals surface area contributed by atoms with E-state index in [-0.39, 0.29) is 22.1 Å². The van der Waals surface area contributed by atoms with E-state index in [1.165, 1.54) is 22.5 Å². The Hall–Kier alpha value is -1.73. The van der Waals surface area contributed by atoms with Crippen molar-refractivity contribution in [2.24, 2.45) is 0 Å². The maximum absolute atomic E-state index is 12.9. The van der Waals surface area contributed by atoms with Gasteiger partial charge in [-0.15, -0.1) is 0 Å². The number of carbonyl (C=O) groups is 2. The Morgan fingerprint density at radius 3 is 2.64 bits per heavy atom. The van der Waals surface area contributed by atoms with Gasteiger partial charge in [0, 0.05) is 12.6 Å². The van der Waals surface area contributed by atoms with Gasteiger partial charge in [-0.3, -0.25) is 14.9 Å². The molecule has 1 saturated heterocycles. The van der Waals surface area contributed by atoms with Crippen molar-refractivity contribution in [1.29, 1.82) is 0 Å². The zero-order valence-electron chi connectivity index (χ0n) is 12.3. The molecule has 7 heteroatoms. The van der Waals surface area contributed by atoms with E-state index in [4.69, 9.17) is 0 Å². The Morgan fingerprint density at radius 1 is 1.18 bits per heavy atom. The molecule has 1 atom stereocenters. The predicted octanol–water partition coefficient (Wildman–Crippen LogP) is 1.52. The number of carbonyl (C=O) groups excluding carboxylic acids is 2. The van der Waals surface area contributed by atoms with Gasteiger partial charge >= 0.3 is 0 Å². The molecule has 0 bridgehead atoms. The van der Waals surface area contributed by atoms with Crippen LogP contribution in [0, 0.1) is 0 Å². The largest absolute Gasteiger partial charge is 0.288 e. The Bertz CT molecular complexity index is 742. The lowest BCUT2D eigenvalue weighted by atomic mass is 10.0. The fraction of sp³-hybridized carbons (Fsp3) is 0.467. The molecule has 2 amide bonds. The van der Waals surface area contributed by atoms with E-state index in [2.05, 4.69) is 5.32 Å². The van der Waals surface area contributed by atoms with Crippen LogP contribution in [0.2, 0.25) is 0 Å². The summed E-state index contributed by atoms with van der Waals surface area (Å²) in [6, 6.07) is 4.13. The van der Waals surface area contributed by atoms with Crippen molar-refractivity contribution >= 4 is 21.8 Å². The SMILES string of the molecule is CC[C@@H]1CCCCN1S(=O)(=O)c1ccc2c(c1)C(=O)NC2=O. The second kappa shape index (κ2) is 5.48. The van der Waals surface area contributed by atoms with Crippen molar-refractivity contribution in [3.8, 4) is 0 Å². The highest BCUT2D eigenvalue weighted by molar-refractivity contribution is 7.89. The standard InChI is InChI=1S/C15H18N2O4S/c1-2-10-5-3-4-8-17(10)22(20,21)11-6-7-12-13(9-11)15(19)16-14(12)18/h6-7,9-10H,2-5,8H2,1H3,(H,16,18,19)/t10-/m1/s1. The lowest BCUT2D eigenvalue weighted by Gasteiger charge is -2.34. The second-order valence-corrected chi connectivity index (χ2v) is 7.55. The van der Waals surface area contributed by atoms with Crippen LogP contribution in [0.1, 0.15) is 53.3 Å². The lowest BCUT2D eigenvalue weighted by Crippen LogP contribution is -2.43. The zero-order valence-corrected chi connectivity index (χ0v) is 13.1. The van der Waals surface area contributed by atoms with Gasteiger partial charge in [0.15, 0.2) is 0 Å². The van der Waals surface area contributed by atoms with Crippen LogP contribution in [-0.4, -0.2) is 37.1 Å². The maximum atomic E-state index is 12.9. The minimum atomic E-state index is -3.64. The highest BCUT2D eigenvalue weighted by Crippen LogP contribution is 2.28. The number of rotatable bonds is 3. The Morgan fingerprint density at radius 2 is 1.91 bits per heavy atom. The van der Waals surface area contributed by atoms with E-state index >= 15 is 0 Å². The summed E-state index contributed by atoms with van der Waals surface area (Å²) in [4.78, 5) is 23.3. The van der Waals surface area contributed by atoms with E-state index in [9.17, 15) is 18.0 Å². The van der Waals surface area contributed by atoms with E-state index in [1.807, 2.05) is 6.92 Å². The maximum Gasteiger partial charge on any atom is 0.258 e. The first kappa shape index (κ1) is 15.2. The molecule has 1 aromatic rings. The van der Waals surface area contributed by atoms with Gasteiger partial charge < -0.3 is 0 Å². The predicted molar refractivity (Wildman–Crippen MR) is 80.1 cm³/mol. The number of nitrogens with one attached hydrogen (secondary N) is 1. The summed E-state index contributed by atoms with van der Waals surface area (Å²) in [7, 11) is -3.64. The number of nitrogens with zero attached hydrogens (tertiary/aromatic N) is 1. The van der Waals surface area contributed by atoms with Crippen LogP contribution in [0.4, 0.5) is 0 Å². The molecule has 0 unspecified atom stereocenters. The van der Waals surface area contributed by atoms with Gasteiger partial charge in [0.25, 0.3) is 11.8 Å². The van der Waals surface area contributed by atoms with Crippen LogP contribution >= 0.6 is 0 Å². The van der Waals surface area contributed by atoms with Crippen molar-refractivity contribution in [3.63, 3.8) is 0 Å². The normalized spacial score (nSPS) is 22.5. The molecule has 22 heavy (non-hydrogen) atoms. The smallest absolute Gasteiger partial charge is 0.258 e. The molecule has 6 nitrogen and oxygen atoms in total. The molecular formula is C15H18N2O4S. The van der Waals surface area contributed by atoms with Crippen molar-refractivity contribution in [1.82, 2.24) is 9.62 Å². The summed E-state index contributed by atoms with van der Waals surface area (Å²) in [5.74, 6) is -1.02. The fourth-order valence-electron chi connectivity index (χ4n) is 3.14. The number of piperidine rings is 1. The highest BCUT2D eigenvalue weighted by atomic mass is 32.2. The monoisotopic (exact) mass is 322 g/mol. The van der Waals surface area contributed by atoms with Crippen molar-refractivity contribution in [2.45, 2.75) is 43.5 Å². The van der Waals surface area contributed by atoms with Gasteiger partial charge in [-0.2, -0.15) is 4.31 Å². The van der Waals surface area contributed by atoms with Gasteiger partial charge in [0.2, 0.25) is 10.0 Å². The topological polar surface area (TPSA) is 83.6 Å². The molecule has 2 aliphatic heterocycles. The molecular weight excluding hydrogens is 304 g/mol. The summed E-state index contributed by atoms with van der Waals surface area (Å²) in [5, 5.41) is 2.17.